The van der Waals surface area contributed by atoms with E-state index in [2.05, 4.69) is 6.92 Å². The Morgan fingerprint density at radius 1 is 1.08 bits per heavy atom. The van der Waals surface area contributed by atoms with Crippen LogP contribution < -0.4 is 10.5 Å². The van der Waals surface area contributed by atoms with Gasteiger partial charge in [-0.15, -0.1) is 0 Å². The molecule has 0 radical (unpaired) electrons. The van der Waals surface area contributed by atoms with Crippen molar-refractivity contribution in [2.75, 3.05) is 13.7 Å². The molecular weight excluding hydrogens is 324 g/mol. The molecule has 3 unspecified atom stereocenters. The van der Waals surface area contributed by atoms with E-state index in [4.69, 9.17) is 10.5 Å². The third kappa shape index (κ3) is 4.85. The molecule has 0 saturated heterocycles. The van der Waals surface area contributed by atoms with Crippen molar-refractivity contribution in [3.8, 4) is 5.75 Å². The zero-order valence-electron chi connectivity index (χ0n) is 16.2. The second-order valence-corrected chi connectivity index (χ2v) is 6.75. The van der Waals surface area contributed by atoms with Gasteiger partial charge in [0.05, 0.1) is 13.0 Å². The normalized spacial score (nSPS) is 14.3. The number of nitrogens with zero attached hydrogens (tertiary/aromatic N) is 1. The maximum atomic E-state index is 13.0. The van der Waals surface area contributed by atoms with Gasteiger partial charge in [0.1, 0.15) is 5.75 Å². The molecule has 4 nitrogen and oxygen atoms in total. The van der Waals surface area contributed by atoms with Crippen LogP contribution in [0.4, 0.5) is 0 Å². The highest BCUT2D eigenvalue weighted by Crippen LogP contribution is 2.23. The first kappa shape index (κ1) is 20.0. The first-order valence-electron chi connectivity index (χ1n) is 9.21. The van der Waals surface area contributed by atoms with E-state index in [-0.39, 0.29) is 23.9 Å². The number of nitrogens with two attached hydrogens (primary N) is 1. The van der Waals surface area contributed by atoms with Crippen molar-refractivity contribution >= 4 is 5.91 Å². The highest BCUT2D eigenvalue weighted by atomic mass is 16.5. The Morgan fingerprint density at radius 2 is 1.69 bits per heavy atom. The van der Waals surface area contributed by atoms with E-state index >= 15 is 0 Å². The second kappa shape index (κ2) is 9.39. The third-order valence-corrected chi connectivity index (χ3v) is 4.96. The number of hydrogen-bond acceptors (Lipinski definition) is 3. The van der Waals surface area contributed by atoms with Crippen molar-refractivity contribution in [2.45, 2.75) is 39.3 Å². The summed E-state index contributed by atoms with van der Waals surface area (Å²) in [6.07, 6.45) is 0.802. The molecule has 2 rings (SSSR count). The summed E-state index contributed by atoms with van der Waals surface area (Å²) in [6.45, 7) is 6.69. The van der Waals surface area contributed by atoms with Crippen LogP contribution >= 0.6 is 0 Å². The molecule has 4 heteroatoms. The highest BCUT2D eigenvalue weighted by Gasteiger charge is 2.28. The lowest BCUT2D eigenvalue weighted by atomic mass is 9.93. The first-order chi connectivity index (χ1) is 12.5. The van der Waals surface area contributed by atoms with Crippen LogP contribution in [0.3, 0.4) is 0 Å². The van der Waals surface area contributed by atoms with E-state index in [1.807, 2.05) is 73.3 Å². The molecule has 26 heavy (non-hydrogen) atoms. The van der Waals surface area contributed by atoms with Gasteiger partial charge in [-0.1, -0.05) is 49.4 Å². The minimum absolute atomic E-state index is 0.102. The first-order valence-corrected chi connectivity index (χ1v) is 9.21. The average molecular weight is 354 g/mol. The number of carbonyl (C=O) groups excluding carboxylic acids is 1. The molecular formula is C22H30N2O2. The second-order valence-electron chi connectivity index (χ2n) is 6.75. The molecule has 0 bridgehead atoms. The monoisotopic (exact) mass is 354 g/mol. The summed E-state index contributed by atoms with van der Waals surface area (Å²) >= 11 is 0. The van der Waals surface area contributed by atoms with Crippen molar-refractivity contribution in [1.82, 2.24) is 4.90 Å². The van der Waals surface area contributed by atoms with Crippen LogP contribution in [0.5, 0.6) is 5.75 Å². The number of methoxy groups -OCH3 is 1. The molecule has 0 aliphatic carbocycles. The molecule has 0 saturated carbocycles. The molecule has 1 amide bonds. The van der Waals surface area contributed by atoms with Crippen molar-refractivity contribution < 1.29 is 9.53 Å². The van der Waals surface area contributed by atoms with Gasteiger partial charge in [0.15, 0.2) is 0 Å². The van der Waals surface area contributed by atoms with Crippen LogP contribution in [-0.4, -0.2) is 30.5 Å². The largest absolute Gasteiger partial charge is 0.497 e. The number of rotatable bonds is 8. The van der Waals surface area contributed by atoms with Gasteiger partial charge in [-0.25, -0.2) is 0 Å². The Kier molecular flexibility index (Phi) is 7.22. The van der Waals surface area contributed by atoms with Crippen molar-refractivity contribution in [1.29, 1.82) is 0 Å². The van der Waals surface area contributed by atoms with Gasteiger partial charge < -0.3 is 15.4 Å². The molecule has 0 spiro atoms. The van der Waals surface area contributed by atoms with Crippen LogP contribution in [0.15, 0.2) is 54.6 Å². The van der Waals surface area contributed by atoms with Crippen LogP contribution in [0.1, 0.15) is 37.9 Å². The van der Waals surface area contributed by atoms with Gasteiger partial charge in [-0.3, -0.25) is 4.79 Å². The SMILES string of the molecule is CCN(C(=O)C(C)C(N)c1ccccc1)C(C)Cc1ccc(OC)cc1. The number of likely N-dealkylation sites (N-methyl/N-ethyl adjacent to an activating group) is 1. The summed E-state index contributed by atoms with van der Waals surface area (Å²) in [5.41, 5.74) is 8.53. The summed E-state index contributed by atoms with van der Waals surface area (Å²) in [7, 11) is 1.66. The molecule has 0 aromatic heterocycles. The fraction of sp³-hybridized carbons (Fsp3) is 0.409. The fourth-order valence-electron chi connectivity index (χ4n) is 3.28. The molecule has 3 atom stereocenters. The predicted octanol–water partition coefficient (Wildman–Crippen LogP) is 3.81. The van der Waals surface area contributed by atoms with E-state index in [1.165, 1.54) is 5.56 Å². The number of benzene rings is 2. The van der Waals surface area contributed by atoms with Gasteiger partial charge in [0.2, 0.25) is 5.91 Å². The molecule has 0 aliphatic rings. The number of amides is 1. The summed E-state index contributed by atoms with van der Waals surface area (Å²) < 4.78 is 5.20. The lowest BCUT2D eigenvalue weighted by Gasteiger charge is -2.32. The van der Waals surface area contributed by atoms with Crippen molar-refractivity contribution in [3.63, 3.8) is 0 Å². The summed E-state index contributed by atoms with van der Waals surface area (Å²) in [4.78, 5) is 15.0. The smallest absolute Gasteiger partial charge is 0.227 e. The minimum Gasteiger partial charge on any atom is -0.497 e. The topological polar surface area (TPSA) is 55.6 Å². The molecule has 0 heterocycles. The summed E-state index contributed by atoms with van der Waals surface area (Å²) in [5, 5.41) is 0. The summed E-state index contributed by atoms with van der Waals surface area (Å²) in [6, 6.07) is 17.6. The van der Waals surface area contributed by atoms with Crippen molar-refractivity contribution in [2.24, 2.45) is 11.7 Å². The quantitative estimate of drug-likeness (QED) is 0.784. The summed E-state index contributed by atoms with van der Waals surface area (Å²) in [5.74, 6) is 0.674. The third-order valence-electron chi connectivity index (χ3n) is 4.96. The maximum Gasteiger partial charge on any atom is 0.227 e. The zero-order chi connectivity index (χ0) is 19.1. The van der Waals surface area contributed by atoms with Gasteiger partial charge in [-0.2, -0.15) is 0 Å². The average Bonchev–Trinajstić information content (AvgIpc) is 2.68. The fourth-order valence-corrected chi connectivity index (χ4v) is 3.28. The predicted molar refractivity (Wildman–Crippen MR) is 106 cm³/mol. The van der Waals surface area contributed by atoms with Crippen molar-refractivity contribution in [3.05, 3.63) is 65.7 Å². The van der Waals surface area contributed by atoms with E-state index in [9.17, 15) is 4.79 Å². The van der Waals surface area contributed by atoms with E-state index < -0.39 is 0 Å². The van der Waals surface area contributed by atoms with E-state index in [1.54, 1.807) is 7.11 Å². The Hall–Kier alpha value is -2.33. The van der Waals surface area contributed by atoms with Crippen LogP contribution in [-0.2, 0) is 11.2 Å². The number of hydrogen-bond donors (Lipinski definition) is 1. The Morgan fingerprint density at radius 3 is 2.23 bits per heavy atom. The number of ether oxygens (including phenoxy) is 1. The van der Waals surface area contributed by atoms with Crippen LogP contribution in [0.25, 0.3) is 0 Å². The van der Waals surface area contributed by atoms with Gasteiger partial charge >= 0.3 is 0 Å². The molecule has 2 aromatic rings. The minimum atomic E-state index is -0.300. The number of carbonyl (C=O) groups is 1. The molecule has 2 N–H and O–H groups in total. The van der Waals surface area contributed by atoms with Gasteiger partial charge in [0.25, 0.3) is 0 Å². The van der Waals surface area contributed by atoms with E-state index in [0.29, 0.717) is 6.54 Å². The van der Waals surface area contributed by atoms with Gasteiger partial charge in [-0.05, 0) is 43.5 Å². The molecule has 140 valence electrons. The molecule has 0 fully saturated rings. The van der Waals surface area contributed by atoms with Crippen LogP contribution in [0.2, 0.25) is 0 Å². The highest BCUT2D eigenvalue weighted by molar-refractivity contribution is 5.79. The lowest BCUT2D eigenvalue weighted by Crippen LogP contribution is -2.45. The van der Waals surface area contributed by atoms with Crippen LogP contribution in [0, 0.1) is 5.92 Å². The zero-order valence-corrected chi connectivity index (χ0v) is 16.2. The standard InChI is InChI=1S/C22H30N2O2/c1-5-24(16(2)15-18-11-13-20(26-4)14-12-18)22(25)17(3)21(23)19-9-7-6-8-10-19/h6-14,16-17,21H,5,15,23H2,1-4H3. The Balaban J connectivity index is 2.06. The van der Waals surface area contributed by atoms with Gasteiger partial charge in [0, 0.05) is 18.6 Å². The molecule has 0 aliphatic heterocycles. The Bertz CT molecular complexity index is 685. The lowest BCUT2D eigenvalue weighted by molar-refractivity contribution is -0.137. The van der Waals surface area contributed by atoms with E-state index in [0.717, 1.165) is 17.7 Å². The maximum absolute atomic E-state index is 13.0. The Labute approximate surface area is 157 Å². The molecule has 2 aromatic carbocycles.